The van der Waals surface area contributed by atoms with Crippen molar-refractivity contribution in [2.45, 2.75) is 32.4 Å². The van der Waals surface area contributed by atoms with Gasteiger partial charge in [0.1, 0.15) is 6.10 Å². The molecule has 0 saturated carbocycles. The fourth-order valence-corrected chi connectivity index (χ4v) is 4.24. The third-order valence-electron chi connectivity index (χ3n) is 4.83. The molecule has 0 radical (unpaired) electrons. The largest absolute Gasteiger partial charge is 0.386 e. The summed E-state index contributed by atoms with van der Waals surface area (Å²) in [5, 5.41) is 18.1. The molecular formula is C22H28N4O2S. The van der Waals surface area contributed by atoms with Crippen molar-refractivity contribution >= 4 is 27.4 Å². The number of rotatable bonds is 8. The van der Waals surface area contributed by atoms with Crippen molar-refractivity contribution in [3.8, 4) is 0 Å². The van der Waals surface area contributed by atoms with E-state index in [0.717, 1.165) is 35.3 Å². The summed E-state index contributed by atoms with van der Waals surface area (Å²) in [5.41, 5.74) is 1.03. The predicted octanol–water partition coefficient (Wildman–Crippen LogP) is 3.05. The standard InChI is InChI=1S/C22H28N4O2S/c1-16-8-7-11-21(28)26(16)13-6-5-12-24-22(23-2)25-15-18(27)20-14-17-9-3-4-10-19(17)29-20/h3-4,7-11,14,18,27H,5-6,12-13,15H2,1-2H3,(H2,23,24,25). The van der Waals surface area contributed by atoms with Crippen LogP contribution in [-0.2, 0) is 6.54 Å². The first-order valence-corrected chi connectivity index (χ1v) is 10.7. The van der Waals surface area contributed by atoms with Crippen molar-refractivity contribution in [3.63, 3.8) is 0 Å². The molecule has 0 bridgehead atoms. The summed E-state index contributed by atoms with van der Waals surface area (Å²) in [4.78, 5) is 17.0. The molecule has 3 N–H and O–H groups in total. The van der Waals surface area contributed by atoms with E-state index in [9.17, 15) is 9.90 Å². The quantitative estimate of drug-likeness (QED) is 0.302. The Labute approximate surface area is 174 Å². The Kier molecular flexibility index (Phi) is 7.43. The number of aromatic nitrogens is 1. The van der Waals surface area contributed by atoms with Crippen LogP contribution in [-0.4, -0.2) is 35.8 Å². The Morgan fingerprint density at radius 3 is 2.76 bits per heavy atom. The van der Waals surface area contributed by atoms with E-state index in [0.29, 0.717) is 19.0 Å². The number of aliphatic hydroxyl groups is 1. The summed E-state index contributed by atoms with van der Waals surface area (Å²) in [6.07, 6.45) is 1.23. The number of pyridine rings is 1. The van der Waals surface area contributed by atoms with Gasteiger partial charge in [-0.3, -0.25) is 9.79 Å². The molecule has 6 nitrogen and oxygen atoms in total. The van der Waals surface area contributed by atoms with Crippen molar-refractivity contribution < 1.29 is 5.11 Å². The molecule has 0 amide bonds. The molecule has 0 aliphatic heterocycles. The number of guanidine groups is 1. The molecule has 0 spiro atoms. The number of unbranched alkanes of at least 4 members (excludes halogenated alkanes) is 1. The average Bonchev–Trinajstić information content (AvgIpc) is 3.16. The topological polar surface area (TPSA) is 78.7 Å². The molecule has 3 aromatic rings. The van der Waals surface area contributed by atoms with E-state index in [1.54, 1.807) is 35.1 Å². The van der Waals surface area contributed by atoms with Gasteiger partial charge in [0.15, 0.2) is 5.96 Å². The molecule has 0 fully saturated rings. The molecule has 1 aromatic carbocycles. The lowest BCUT2D eigenvalue weighted by atomic mass is 10.2. The molecule has 3 rings (SSSR count). The van der Waals surface area contributed by atoms with E-state index in [1.165, 1.54) is 4.70 Å². The van der Waals surface area contributed by atoms with Crippen LogP contribution in [0.2, 0.25) is 0 Å². The first-order valence-electron chi connectivity index (χ1n) is 9.86. The lowest BCUT2D eigenvalue weighted by Crippen LogP contribution is -2.39. The number of nitrogens with one attached hydrogen (secondary N) is 2. The van der Waals surface area contributed by atoms with Crippen LogP contribution in [0.3, 0.4) is 0 Å². The second kappa shape index (κ2) is 10.2. The Morgan fingerprint density at radius 2 is 2.00 bits per heavy atom. The molecular weight excluding hydrogens is 384 g/mol. The van der Waals surface area contributed by atoms with Crippen molar-refractivity contribution in [3.05, 3.63) is 69.5 Å². The molecule has 154 valence electrons. The minimum absolute atomic E-state index is 0.0469. The molecule has 0 saturated heterocycles. The normalized spacial score (nSPS) is 12.9. The van der Waals surface area contributed by atoms with E-state index < -0.39 is 6.10 Å². The van der Waals surface area contributed by atoms with E-state index in [-0.39, 0.29) is 5.56 Å². The van der Waals surface area contributed by atoms with Crippen LogP contribution in [0, 0.1) is 6.92 Å². The lowest BCUT2D eigenvalue weighted by Gasteiger charge is -2.15. The number of hydrogen-bond donors (Lipinski definition) is 3. The number of aliphatic hydroxyl groups excluding tert-OH is 1. The van der Waals surface area contributed by atoms with E-state index in [2.05, 4.69) is 27.8 Å². The van der Waals surface area contributed by atoms with Crippen LogP contribution in [0.4, 0.5) is 0 Å². The molecule has 29 heavy (non-hydrogen) atoms. The number of aliphatic imine (C=N–C) groups is 1. The zero-order chi connectivity index (χ0) is 20.6. The fraction of sp³-hybridized carbons (Fsp3) is 0.364. The number of nitrogens with zero attached hydrogens (tertiary/aromatic N) is 2. The summed E-state index contributed by atoms with van der Waals surface area (Å²) < 4.78 is 2.98. The summed E-state index contributed by atoms with van der Waals surface area (Å²) in [7, 11) is 1.72. The number of benzene rings is 1. The highest BCUT2D eigenvalue weighted by Crippen LogP contribution is 2.29. The van der Waals surface area contributed by atoms with Gasteiger partial charge in [0.05, 0.1) is 0 Å². The first kappa shape index (κ1) is 21.1. The third kappa shape index (κ3) is 5.68. The zero-order valence-electron chi connectivity index (χ0n) is 16.9. The maximum atomic E-state index is 11.9. The second-order valence-electron chi connectivity index (χ2n) is 6.95. The SMILES string of the molecule is CN=C(NCCCCn1c(C)cccc1=O)NCC(O)c1cc2ccccc2s1. The maximum Gasteiger partial charge on any atom is 0.250 e. The van der Waals surface area contributed by atoms with E-state index in [1.807, 2.05) is 31.2 Å². The molecule has 1 unspecified atom stereocenters. The van der Waals surface area contributed by atoms with Crippen LogP contribution < -0.4 is 16.2 Å². The minimum Gasteiger partial charge on any atom is -0.386 e. The van der Waals surface area contributed by atoms with Crippen LogP contribution in [0.5, 0.6) is 0 Å². The summed E-state index contributed by atoms with van der Waals surface area (Å²) in [6, 6.07) is 15.5. The van der Waals surface area contributed by atoms with Crippen LogP contribution in [0.1, 0.15) is 29.5 Å². The Balaban J connectivity index is 1.40. The first-order chi connectivity index (χ1) is 14.1. The zero-order valence-corrected chi connectivity index (χ0v) is 17.7. The Morgan fingerprint density at radius 1 is 1.17 bits per heavy atom. The number of thiophene rings is 1. The van der Waals surface area contributed by atoms with Gasteiger partial charge in [-0.25, -0.2) is 0 Å². The van der Waals surface area contributed by atoms with Crippen LogP contribution >= 0.6 is 11.3 Å². The lowest BCUT2D eigenvalue weighted by molar-refractivity contribution is 0.184. The predicted molar refractivity (Wildman–Crippen MR) is 121 cm³/mol. The number of fused-ring (bicyclic) bond motifs is 1. The highest BCUT2D eigenvalue weighted by molar-refractivity contribution is 7.19. The van der Waals surface area contributed by atoms with Gasteiger partial charge in [-0.2, -0.15) is 0 Å². The van der Waals surface area contributed by atoms with E-state index >= 15 is 0 Å². The van der Waals surface area contributed by atoms with Gasteiger partial charge >= 0.3 is 0 Å². The summed E-state index contributed by atoms with van der Waals surface area (Å²) >= 11 is 1.61. The van der Waals surface area contributed by atoms with Crippen molar-refractivity contribution in [1.29, 1.82) is 0 Å². The van der Waals surface area contributed by atoms with Crippen molar-refractivity contribution in [2.75, 3.05) is 20.1 Å². The molecule has 0 aliphatic rings. The molecule has 2 heterocycles. The second-order valence-corrected chi connectivity index (χ2v) is 8.06. The fourth-order valence-electron chi connectivity index (χ4n) is 3.19. The molecule has 0 aliphatic carbocycles. The summed E-state index contributed by atoms with van der Waals surface area (Å²) in [6.45, 7) is 3.81. The van der Waals surface area contributed by atoms with Crippen molar-refractivity contribution in [1.82, 2.24) is 15.2 Å². The number of hydrogen-bond acceptors (Lipinski definition) is 4. The monoisotopic (exact) mass is 412 g/mol. The third-order valence-corrected chi connectivity index (χ3v) is 6.05. The molecule has 7 heteroatoms. The highest BCUT2D eigenvalue weighted by Gasteiger charge is 2.12. The van der Waals surface area contributed by atoms with Crippen LogP contribution in [0.15, 0.2) is 58.3 Å². The smallest absolute Gasteiger partial charge is 0.250 e. The van der Waals surface area contributed by atoms with Gasteiger partial charge in [0, 0.05) is 48.0 Å². The Hall–Kier alpha value is -2.64. The van der Waals surface area contributed by atoms with Gasteiger partial charge in [-0.05, 0) is 43.4 Å². The molecule has 2 aromatic heterocycles. The van der Waals surface area contributed by atoms with Crippen LogP contribution in [0.25, 0.3) is 10.1 Å². The van der Waals surface area contributed by atoms with Gasteiger partial charge in [-0.15, -0.1) is 11.3 Å². The van der Waals surface area contributed by atoms with Gasteiger partial charge in [0.25, 0.3) is 5.56 Å². The van der Waals surface area contributed by atoms with Crippen molar-refractivity contribution in [2.24, 2.45) is 4.99 Å². The summed E-state index contributed by atoms with van der Waals surface area (Å²) in [5.74, 6) is 0.665. The average molecular weight is 413 g/mol. The van der Waals surface area contributed by atoms with Gasteiger partial charge in [0.2, 0.25) is 0 Å². The maximum absolute atomic E-state index is 11.9. The Bertz CT molecular complexity index is 992. The van der Waals surface area contributed by atoms with Gasteiger partial charge < -0.3 is 20.3 Å². The minimum atomic E-state index is -0.584. The highest BCUT2D eigenvalue weighted by atomic mass is 32.1. The number of aryl methyl sites for hydroxylation is 1. The van der Waals surface area contributed by atoms with Gasteiger partial charge in [-0.1, -0.05) is 24.3 Å². The molecule has 1 atom stereocenters. The van der Waals surface area contributed by atoms with E-state index in [4.69, 9.17) is 0 Å².